The molecular weight excluding hydrogens is 388 g/mol. The molecule has 1 fully saturated rings. The SMILES string of the molecule is CCNC(=NCc1cccc(C(=O)NC(C)CC)c1)NCC1CCCOC1C(C)(C)C. The Morgan fingerprint density at radius 1 is 1.26 bits per heavy atom. The molecule has 3 atom stereocenters. The van der Waals surface area contributed by atoms with E-state index in [2.05, 4.69) is 50.6 Å². The first-order chi connectivity index (χ1) is 14.7. The molecule has 3 N–H and O–H groups in total. The highest BCUT2D eigenvalue weighted by Gasteiger charge is 2.35. The van der Waals surface area contributed by atoms with Crippen molar-refractivity contribution in [3.05, 3.63) is 35.4 Å². The van der Waals surface area contributed by atoms with Crippen molar-refractivity contribution in [3.63, 3.8) is 0 Å². The van der Waals surface area contributed by atoms with E-state index in [1.54, 1.807) is 0 Å². The second-order valence-corrected chi connectivity index (χ2v) is 9.62. The van der Waals surface area contributed by atoms with Crippen molar-refractivity contribution in [1.82, 2.24) is 16.0 Å². The van der Waals surface area contributed by atoms with Crippen molar-refractivity contribution in [2.75, 3.05) is 19.7 Å². The molecule has 0 spiro atoms. The van der Waals surface area contributed by atoms with Crippen LogP contribution < -0.4 is 16.0 Å². The Bertz CT molecular complexity index is 726. The summed E-state index contributed by atoms with van der Waals surface area (Å²) in [6.45, 7) is 15.9. The second kappa shape index (κ2) is 12.1. The summed E-state index contributed by atoms with van der Waals surface area (Å²) in [7, 11) is 0. The van der Waals surface area contributed by atoms with Crippen LogP contribution in [-0.2, 0) is 11.3 Å². The molecule has 0 aromatic heterocycles. The third kappa shape index (κ3) is 8.17. The minimum atomic E-state index is -0.0317. The number of nitrogens with one attached hydrogen (secondary N) is 3. The van der Waals surface area contributed by atoms with Gasteiger partial charge < -0.3 is 20.7 Å². The summed E-state index contributed by atoms with van der Waals surface area (Å²) < 4.78 is 6.11. The van der Waals surface area contributed by atoms with Crippen molar-refractivity contribution >= 4 is 11.9 Å². The Morgan fingerprint density at radius 3 is 2.71 bits per heavy atom. The van der Waals surface area contributed by atoms with E-state index in [9.17, 15) is 4.79 Å². The highest BCUT2D eigenvalue weighted by atomic mass is 16.5. The lowest BCUT2D eigenvalue weighted by Gasteiger charge is -2.40. The van der Waals surface area contributed by atoms with Gasteiger partial charge in [-0.25, -0.2) is 4.99 Å². The van der Waals surface area contributed by atoms with Crippen LogP contribution in [0.25, 0.3) is 0 Å². The lowest BCUT2D eigenvalue weighted by atomic mass is 9.78. The molecule has 1 aliphatic rings. The average molecular weight is 431 g/mol. The highest BCUT2D eigenvalue weighted by Crippen LogP contribution is 2.33. The number of aliphatic imine (C=N–C) groups is 1. The van der Waals surface area contributed by atoms with E-state index in [4.69, 9.17) is 9.73 Å². The van der Waals surface area contributed by atoms with Gasteiger partial charge in [0, 0.05) is 37.2 Å². The lowest BCUT2D eigenvalue weighted by Crippen LogP contribution is -2.47. The first-order valence-electron chi connectivity index (χ1n) is 11.8. The van der Waals surface area contributed by atoms with Gasteiger partial charge in [0.15, 0.2) is 5.96 Å². The monoisotopic (exact) mass is 430 g/mol. The molecule has 1 amide bonds. The number of carbonyl (C=O) groups is 1. The van der Waals surface area contributed by atoms with E-state index in [-0.39, 0.29) is 23.5 Å². The summed E-state index contributed by atoms with van der Waals surface area (Å²) in [6.07, 6.45) is 3.44. The second-order valence-electron chi connectivity index (χ2n) is 9.62. The van der Waals surface area contributed by atoms with Crippen molar-refractivity contribution in [2.24, 2.45) is 16.3 Å². The zero-order valence-electron chi connectivity index (χ0n) is 20.3. The molecule has 174 valence electrons. The van der Waals surface area contributed by atoms with Gasteiger partial charge in [0.25, 0.3) is 5.91 Å². The van der Waals surface area contributed by atoms with Crippen LogP contribution >= 0.6 is 0 Å². The Hall–Kier alpha value is -2.08. The summed E-state index contributed by atoms with van der Waals surface area (Å²) in [4.78, 5) is 17.2. The largest absolute Gasteiger partial charge is 0.377 e. The van der Waals surface area contributed by atoms with Crippen molar-refractivity contribution in [2.45, 2.75) is 79.5 Å². The van der Waals surface area contributed by atoms with Gasteiger partial charge in [-0.3, -0.25) is 4.79 Å². The van der Waals surface area contributed by atoms with Crippen molar-refractivity contribution in [3.8, 4) is 0 Å². The fourth-order valence-corrected chi connectivity index (χ4v) is 3.97. The summed E-state index contributed by atoms with van der Waals surface area (Å²) in [5, 5.41) is 9.87. The van der Waals surface area contributed by atoms with Gasteiger partial charge in [-0.05, 0) is 56.2 Å². The Kier molecular flexibility index (Phi) is 9.82. The summed E-state index contributed by atoms with van der Waals surface area (Å²) in [5.41, 5.74) is 1.82. The van der Waals surface area contributed by atoms with Crippen LogP contribution in [0, 0.1) is 11.3 Å². The molecule has 0 bridgehead atoms. The van der Waals surface area contributed by atoms with Gasteiger partial charge >= 0.3 is 0 Å². The maximum Gasteiger partial charge on any atom is 0.251 e. The van der Waals surface area contributed by atoms with E-state index in [1.807, 2.05) is 31.2 Å². The molecular formula is C25H42N4O2. The minimum absolute atomic E-state index is 0.0317. The van der Waals surface area contributed by atoms with E-state index < -0.39 is 0 Å². The van der Waals surface area contributed by atoms with E-state index in [1.165, 1.54) is 6.42 Å². The van der Waals surface area contributed by atoms with Gasteiger partial charge in [-0.1, -0.05) is 39.8 Å². The molecule has 0 saturated carbocycles. The molecule has 1 heterocycles. The Morgan fingerprint density at radius 2 is 2.03 bits per heavy atom. The first-order valence-corrected chi connectivity index (χ1v) is 11.8. The van der Waals surface area contributed by atoms with Crippen LogP contribution in [0.3, 0.4) is 0 Å². The third-order valence-corrected chi connectivity index (χ3v) is 5.77. The first kappa shape index (κ1) is 25.2. The van der Waals surface area contributed by atoms with Gasteiger partial charge in [0.1, 0.15) is 0 Å². The standard InChI is InChI=1S/C25H42N4O2/c1-7-18(3)29-23(30)20-12-9-11-19(15-20)16-27-24(26-8-2)28-17-21-13-10-14-31-22(21)25(4,5)6/h9,11-12,15,18,21-22H,7-8,10,13-14,16-17H2,1-6H3,(H,29,30)(H2,26,27,28). The van der Waals surface area contributed by atoms with Crippen molar-refractivity contribution in [1.29, 1.82) is 0 Å². The number of benzene rings is 1. The zero-order chi connectivity index (χ0) is 22.9. The fourth-order valence-electron chi connectivity index (χ4n) is 3.97. The predicted octanol–water partition coefficient (Wildman–Crippen LogP) is 4.11. The van der Waals surface area contributed by atoms with E-state index in [0.29, 0.717) is 18.0 Å². The lowest BCUT2D eigenvalue weighted by molar-refractivity contribution is -0.0835. The number of ether oxygens (including phenoxy) is 1. The maximum atomic E-state index is 12.4. The molecule has 2 rings (SSSR count). The fraction of sp³-hybridized carbons (Fsp3) is 0.680. The van der Waals surface area contributed by atoms with Crippen LogP contribution in [0.2, 0.25) is 0 Å². The minimum Gasteiger partial charge on any atom is -0.377 e. The molecule has 1 aromatic carbocycles. The molecule has 31 heavy (non-hydrogen) atoms. The number of hydrogen-bond acceptors (Lipinski definition) is 3. The molecule has 6 nitrogen and oxygen atoms in total. The van der Waals surface area contributed by atoms with Crippen molar-refractivity contribution < 1.29 is 9.53 Å². The van der Waals surface area contributed by atoms with Crippen LogP contribution in [0.4, 0.5) is 0 Å². The number of nitrogens with zero attached hydrogens (tertiary/aromatic N) is 1. The predicted molar refractivity (Wildman–Crippen MR) is 128 cm³/mol. The molecule has 0 aliphatic carbocycles. The summed E-state index contributed by atoms with van der Waals surface area (Å²) in [6, 6.07) is 7.88. The Labute approximate surface area is 188 Å². The number of guanidine groups is 1. The number of hydrogen-bond donors (Lipinski definition) is 3. The van der Waals surface area contributed by atoms with Crippen LogP contribution in [0.15, 0.2) is 29.3 Å². The molecule has 0 radical (unpaired) electrons. The topological polar surface area (TPSA) is 74.8 Å². The van der Waals surface area contributed by atoms with Gasteiger partial charge in [-0.2, -0.15) is 0 Å². The van der Waals surface area contributed by atoms with Crippen LogP contribution in [-0.4, -0.2) is 43.7 Å². The normalized spacial score (nSPS) is 20.8. The number of carbonyl (C=O) groups excluding carboxylic acids is 1. The van der Waals surface area contributed by atoms with Crippen LogP contribution in [0.1, 0.15) is 76.7 Å². The molecule has 1 saturated heterocycles. The number of rotatable bonds is 8. The average Bonchev–Trinajstić information content (AvgIpc) is 2.75. The van der Waals surface area contributed by atoms with Gasteiger partial charge in [0.05, 0.1) is 12.6 Å². The van der Waals surface area contributed by atoms with Crippen LogP contribution in [0.5, 0.6) is 0 Å². The summed E-state index contributed by atoms with van der Waals surface area (Å²) >= 11 is 0. The molecule has 1 aromatic rings. The smallest absolute Gasteiger partial charge is 0.251 e. The molecule has 3 unspecified atom stereocenters. The van der Waals surface area contributed by atoms with E-state index >= 15 is 0 Å². The molecule has 1 aliphatic heterocycles. The van der Waals surface area contributed by atoms with E-state index in [0.717, 1.165) is 44.1 Å². The quantitative estimate of drug-likeness (QED) is 0.429. The highest BCUT2D eigenvalue weighted by molar-refractivity contribution is 5.94. The molecule has 6 heteroatoms. The zero-order valence-corrected chi connectivity index (χ0v) is 20.3. The maximum absolute atomic E-state index is 12.4. The summed E-state index contributed by atoms with van der Waals surface area (Å²) in [5.74, 6) is 1.23. The van der Waals surface area contributed by atoms with Gasteiger partial charge in [0.2, 0.25) is 0 Å². The third-order valence-electron chi connectivity index (χ3n) is 5.77. The Balaban J connectivity index is 2.01. The van der Waals surface area contributed by atoms with Gasteiger partial charge in [-0.15, -0.1) is 0 Å². The number of amides is 1.